The van der Waals surface area contributed by atoms with E-state index in [1.807, 2.05) is 6.26 Å². The standard InChI is InChI=1S/C9H16OS/c1-7-5-4-6-9(2,11-3)8(7)10/h7H,4-6H2,1-3H3. The normalized spacial score (nSPS) is 39.2. The van der Waals surface area contributed by atoms with Crippen LogP contribution < -0.4 is 0 Å². The molecule has 64 valence electrons. The molecule has 0 saturated heterocycles. The van der Waals surface area contributed by atoms with Crippen molar-refractivity contribution >= 4 is 17.5 Å². The molecule has 0 bridgehead atoms. The minimum atomic E-state index is -0.0718. The highest BCUT2D eigenvalue weighted by Crippen LogP contribution is 2.37. The van der Waals surface area contributed by atoms with Crippen LogP contribution in [0.2, 0.25) is 0 Å². The van der Waals surface area contributed by atoms with Crippen molar-refractivity contribution in [3.63, 3.8) is 0 Å². The van der Waals surface area contributed by atoms with Crippen LogP contribution in [0.15, 0.2) is 0 Å². The van der Waals surface area contributed by atoms with E-state index in [-0.39, 0.29) is 4.75 Å². The molecule has 1 rings (SSSR count). The quantitative estimate of drug-likeness (QED) is 0.604. The molecule has 1 aliphatic carbocycles. The summed E-state index contributed by atoms with van der Waals surface area (Å²) in [4.78, 5) is 11.7. The molecule has 11 heavy (non-hydrogen) atoms. The zero-order valence-corrected chi connectivity index (χ0v) is 8.33. The molecule has 0 spiro atoms. The summed E-state index contributed by atoms with van der Waals surface area (Å²) in [7, 11) is 0. The van der Waals surface area contributed by atoms with Gasteiger partial charge in [0, 0.05) is 5.92 Å². The van der Waals surface area contributed by atoms with Crippen LogP contribution in [-0.4, -0.2) is 16.8 Å². The molecule has 2 unspecified atom stereocenters. The molecule has 0 aromatic carbocycles. The summed E-state index contributed by atoms with van der Waals surface area (Å²) in [6, 6.07) is 0. The third-order valence-electron chi connectivity index (χ3n) is 2.71. The summed E-state index contributed by atoms with van der Waals surface area (Å²) < 4.78 is -0.0718. The lowest BCUT2D eigenvalue weighted by molar-refractivity contribution is -0.126. The summed E-state index contributed by atoms with van der Waals surface area (Å²) in [6.45, 7) is 4.13. The zero-order chi connectivity index (χ0) is 8.48. The van der Waals surface area contributed by atoms with Crippen molar-refractivity contribution in [2.45, 2.75) is 37.9 Å². The maximum Gasteiger partial charge on any atom is 0.151 e. The topological polar surface area (TPSA) is 17.1 Å². The molecule has 0 radical (unpaired) electrons. The van der Waals surface area contributed by atoms with Gasteiger partial charge in [0.2, 0.25) is 0 Å². The maximum atomic E-state index is 11.7. The third kappa shape index (κ3) is 1.61. The number of Topliss-reactive ketones (excluding diaryl/α,β-unsaturated/α-hetero) is 1. The Morgan fingerprint density at radius 3 is 2.73 bits per heavy atom. The Bertz CT molecular complexity index is 167. The van der Waals surface area contributed by atoms with Gasteiger partial charge in [-0.2, -0.15) is 11.8 Å². The van der Waals surface area contributed by atoms with E-state index in [1.165, 1.54) is 6.42 Å². The first-order chi connectivity index (χ1) is 5.10. The molecule has 0 aromatic heterocycles. The van der Waals surface area contributed by atoms with Gasteiger partial charge in [0.25, 0.3) is 0 Å². The van der Waals surface area contributed by atoms with E-state index in [1.54, 1.807) is 11.8 Å². The minimum absolute atomic E-state index is 0.0718. The summed E-state index contributed by atoms with van der Waals surface area (Å²) in [5.74, 6) is 0.748. The van der Waals surface area contributed by atoms with Gasteiger partial charge in [0.15, 0.2) is 5.78 Å². The van der Waals surface area contributed by atoms with E-state index >= 15 is 0 Å². The molecule has 1 aliphatic rings. The Balaban J connectivity index is 2.72. The van der Waals surface area contributed by atoms with Crippen molar-refractivity contribution in [1.82, 2.24) is 0 Å². The van der Waals surface area contributed by atoms with Crippen LogP contribution in [-0.2, 0) is 4.79 Å². The van der Waals surface area contributed by atoms with Gasteiger partial charge in [0.1, 0.15) is 0 Å². The van der Waals surface area contributed by atoms with E-state index in [9.17, 15) is 4.79 Å². The lowest BCUT2D eigenvalue weighted by atomic mass is 9.81. The first-order valence-corrected chi connectivity index (χ1v) is 5.42. The zero-order valence-electron chi connectivity index (χ0n) is 7.52. The highest BCUT2D eigenvalue weighted by atomic mass is 32.2. The van der Waals surface area contributed by atoms with Crippen molar-refractivity contribution in [2.24, 2.45) is 5.92 Å². The number of carbonyl (C=O) groups is 1. The van der Waals surface area contributed by atoms with Crippen LogP contribution in [0.3, 0.4) is 0 Å². The molecule has 0 N–H and O–H groups in total. The molecule has 1 fully saturated rings. The van der Waals surface area contributed by atoms with Crippen LogP contribution in [0.25, 0.3) is 0 Å². The van der Waals surface area contributed by atoms with Crippen molar-refractivity contribution in [3.8, 4) is 0 Å². The lowest BCUT2D eigenvalue weighted by Crippen LogP contribution is -2.39. The largest absolute Gasteiger partial charge is 0.298 e. The molecule has 2 heteroatoms. The number of thioether (sulfide) groups is 1. The van der Waals surface area contributed by atoms with Crippen molar-refractivity contribution < 1.29 is 4.79 Å². The Kier molecular flexibility index (Phi) is 2.63. The SMILES string of the molecule is CSC1(C)CCCC(C)C1=O. The van der Waals surface area contributed by atoms with Gasteiger partial charge in [-0.25, -0.2) is 0 Å². The highest BCUT2D eigenvalue weighted by molar-refractivity contribution is 8.00. The smallest absolute Gasteiger partial charge is 0.151 e. The second-order valence-electron chi connectivity index (χ2n) is 3.59. The van der Waals surface area contributed by atoms with Gasteiger partial charge in [-0.1, -0.05) is 13.3 Å². The van der Waals surface area contributed by atoms with Gasteiger partial charge in [-0.15, -0.1) is 0 Å². The molecule has 0 amide bonds. The predicted molar refractivity (Wildman–Crippen MR) is 49.9 cm³/mol. The summed E-state index contributed by atoms with van der Waals surface area (Å²) >= 11 is 1.71. The van der Waals surface area contributed by atoms with Gasteiger partial charge >= 0.3 is 0 Å². The number of ketones is 1. The average Bonchev–Trinajstić information content (AvgIpc) is 2.00. The van der Waals surface area contributed by atoms with E-state index in [0.29, 0.717) is 11.7 Å². The second kappa shape index (κ2) is 3.18. The second-order valence-corrected chi connectivity index (χ2v) is 4.90. The molecular weight excluding hydrogens is 156 g/mol. The van der Waals surface area contributed by atoms with Crippen LogP contribution in [0.5, 0.6) is 0 Å². The summed E-state index contributed by atoms with van der Waals surface area (Å²) in [5.41, 5.74) is 0. The van der Waals surface area contributed by atoms with Crippen molar-refractivity contribution in [2.75, 3.05) is 6.26 Å². The minimum Gasteiger partial charge on any atom is -0.298 e. The molecule has 2 atom stereocenters. The monoisotopic (exact) mass is 172 g/mol. The first kappa shape index (κ1) is 9.11. The van der Waals surface area contributed by atoms with Crippen molar-refractivity contribution in [3.05, 3.63) is 0 Å². The number of carbonyl (C=O) groups excluding carboxylic acids is 1. The Morgan fingerprint density at radius 1 is 1.64 bits per heavy atom. The third-order valence-corrected chi connectivity index (χ3v) is 4.02. The lowest BCUT2D eigenvalue weighted by Gasteiger charge is -2.33. The van der Waals surface area contributed by atoms with Gasteiger partial charge < -0.3 is 0 Å². The Hall–Kier alpha value is 0.0200. The molecule has 1 nitrogen and oxygen atoms in total. The van der Waals surface area contributed by atoms with Crippen LogP contribution >= 0.6 is 11.8 Å². The Morgan fingerprint density at radius 2 is 2.27 bits per heavy atom. The molecule has 1 saturated carbocycles. The molecule has 0 aromatic rings. The molecular formula is C9H16OS. The summed E-state index contributed by atoms with van der Waals surface area (Å²) in [5, 5.41) is 0. The van der Waals surface area contributed by atoms with E-state index < -0.39 is 0 Å². The average molecular weight is 172 g/mol. The maximum absolute atomic E-state index is 11.7. The number of hydrogen-bond donors (Lipinski definition) is 0. The molecule has 0 aliphatic heterocycles. The van der Waals surface area contributed by atoms with Crippen LogP contribution in [0.4, 0.5) is 0 Å². The van der Waals surface area contributed by atoms with E-state index in [4.69, 9.17) is 0 Å². The fourth-order valence-electron chi connectivity index (χ4n) is 1.72. The van der Waals surface area contributed by atoms with E-state index in [2.05, 4.69) is 13.8 Å². The number of rotatable bonds is 1. The predicted octanol–water partition coefficient (Wildman–Crippen LogP) is 2.50. The first-order valence-electron chi connectivity index (χ1n) is 4.19. The van der Waals surface area contributed by atoms with E-state index in [0.717, 1.165) is 12.8 Å². The molecule has 0 heterocycles. The number of hydrogen-bond acceptors (Lipinski definition) is 2. The fraction of sp³-hybridized carbons (Fsp3) is 0.889. The van der Waals surface area contributed by atoms with Crippen molar-refractivity contribution in [1.29, 1.82) is 0 Å². The van der Waals surface area contributed by atoms with Crippen LogP contribution in [0.1, 0.15) is 33.1 Å². The summed E-state index contributed by atoms with van der Waals surface area (Å²) in [6.07, 6.45) is 5.41. The highest BCUT2D eigenvalue weighted by Gasteiger charge is 2.38. The van der Waals surface area contributed by atoms with Gasteiger partial charge in [-0.3, -0.25) is 4.79 Å². The van der Waals surface area contributed by atoms with Crippen LogP contribution in [0, 0.1) is 5.92 Å². The van der Waals surface area contributed by atoms with Gasteiger partial charge in [-0.05, 0) is 26.0 Å². The van der Waals surface area contributed by atoms with Gasteiger partial charge in [0.05, 0.1) is 4.75 Å². The fourth-order valence-corrected chi connectivity index (χ4v) is 2.47. The Labute approximate surface area is 72.9 Å².